The predicted molar refractivity (Wildman–Crippen MR) is 221 cm³/mol. The summed E-state index contributed by atoms with van der Waals surface area (Å²) in [5.74, 6) is -6.43. The summed E-state index contributed by atoms with van der Waals surface area (Å²) >= 11 is 0. The Hall–Kier alpha value is -10.1. The fourth-order valence-electron chi connectivity index (χ4n) is 8.86. The first-order chi connectivity index (χ1) is 34.7. The monoisotopic (exact) mass is 999 g/mol. The molecule has 0 spiro atoms. The van der Waals surface area contributed by atoms with Gasteiger partial charge in [0.2, 0.25) is 17.5 Å². The zero-order valence-electron chi connectivity index (χ0n) is 35.6. The summed E-state index contributed by atoms with van der Waals surface area (Å²) < 4.78 is 71.1. The molecule has 0 fully saturated rings. The van der Waals surface area contributed by atoms with E-state index in [1.165, 1.54) is 36.4 Å². The number of hydrogen-bond acceptors (Lipinski definition) is 24. The van der Waals surface area contributed by atoms with Crippen LogP contribution in [0, 0.1) is 47.8 Å². The van der Waals surface area contributed by atoms with E-state index in [-0.39, 0.29) is 34.6 Å². The van der Waals surface area contributed by atoms with Crippen LogP contribution in [-0.2, 0) is 19.3 Å². The van der Waals surface area contributed by atoms with Gasteiger partial charge < -0.3 is 30.3 Å². The molecular weight excluding hydrogens is 976 g/mol. The van der Waals surface area contributed by atoms with Crippen molar-refractivity contribution in [3.8, 4) is 34.6 Å². The molecule has 1 unspecified atom stereocenters. The van der Waals surface area contributed by atoms with Crippen molar-refractivity contribution >= 4 is 17.5 Å². The van der Waals surface area contributed by atoms with Gasteiger partial charge >= 0.3 is 34.7 Å². The van der Waals surface area contributed by atoms with Gasteiger partial charge in [0.25, 0.3) is 17.1 Å². The van der Waals surface area contributed by atoms with Crippen molar-refractivity contribution in [1.29, 1.82) is 0 Å². The molecule has 0 N–H and O–H groups in total. The lowest BCUT2D eigenvalue weighted by molar-refractivity contribution is -0.390. The van der Waals surface area contributed by atoms with E-state index in [0.717, 1.165) is 30.4 Å². The Labute approximate surface area is 391 Å². The molecule has 72 heavy (non-hydrogen) atoms. The molecule has 0 saturated heterocycles. The van der Waals surface area contributed by atoms with Gasteiger partial charge in [0, 0.05) is 0 Å². The number of halogens is 3. The molecule has 0 aliphatic heterocycles. The third-order valence-electron chi connectivity index (χ3n) is 11.9. The molecular formula is C39H24F3N15O15. The molecule has 0 saturated carbocycles. The SMILES string of the molecule is O=c1onc(-c2nonc2[N+](=O)[O-])n1C1CCc2ccc(F)cc21.O=c1onc(-c2nonc2[N+](=O)[O-])n1[C@@H]1CCc2ccc(F)cc21.O=c1onc(-c2nonc2[N+](=O)[O-])n1[C@H]1CCc2ccc(F)cc21. The molecule has 0 bridgehead atoms. The highest BCUT2D eigenvalue weighted by atomic mass is 19.1. The van der Waals surface area contributed by atoms with Crippen molar-refractivity contribution in [2.75, 3.05) is 0 Å². The van der Waals surface area contributed by atoms with E-state index < -0.39 is 85.1 Å². The van der Waals surface area contributed by atoms with Crippen LogP contribution in [0.5, 0.6) is 0 Å². The van der Waals surface area contributed by atoms with Crippen molar-refractivity contribution in [2.45, 2.75) is 56.7 Å². The van der Waals surface area contributed by atoms with Crippen molar-refractivity contribution in [3.63, 3.8) is 0 Å². The number of nitro groups is 3. The minimum Gasteiger partial charge on any atom is -0.358 e. The summed E-state index contributed by atoms with van der Waals surface area (Å²) in [6, 6.07) is 11.2. The summed E-state index contributed by atoms with van der Waals surface area (Å²) in [6.07, 6.45) is 3.34. The third kappa shape index (κ3) is 8.02. The Morgan fingerprint density at radius 3 is 0.986 bits per heavy atom. The molecule has 0 radical (unpaired) electrons. The normalized spacial score (nSPS) is 16.3. The minimum absolute atomic E-state index is 0.185. The number of aryl methyl sites for hydroxylation is 3. The van der Waals surface area contributed by atoms with Gasteiger partial charge in [0.15, 0.2) is 15.5 Å². The van der Waals surface area contributed by atoms with Crippen LogP contribution in [0.2, 0.25) is 0 Å². The van der Waals surface area contributed by atoms with Crippen LogP contribution in [0.25, 0.3) is 34.6 Å². The average molecular weight is 1000 g/mol. The third-order valence-corrected chi connectivity index (χ3v) is 11.9. The first-order valence-electron chi connectivity index (χ1n) is 20.7. The molecule has 6 heterocycles. The summed E-state index contributed by atoms with van der Waals surface area (Å²) in [5, 5.41) is 63.5. The van der Waals surface area contributed by atoms with Gasteiger partial charge in [-0.1, -0.05) is 33.7 Å². The summed E-state index contributed by atoms with van der Waals surface area (Å²) in [7, 11) is 0. The fraction of sp³-hybridized carbons (Fsp3) is 0.231. The summed E-state index contributed by atoms with van der Waals surface area (Å²) in [6.45, 7) is 0. The molecule has 3 aliphatic carbocycles. The second-order valence-corrected chi connectivity index (χ2v) is 15.7. The number of aromatic nitrogens is 12. The van der Waals surface area contributed by atoms with Gasteiger partial charge in [-0.3, -0.25) is 13.6 Å². The highest BCUT2D eigenvalue weighted by Gasteiger charge is 2.38. The van der Waals surface area contributed by atoms with E-state index in [0.29, 0.717) is 55.2 Å². The van der Waals surface area contributed by atoms with Crippen LogP contribution < -0.4 is 17.3 Å². The molecule has 3 aromatic carbocycles. The maximum atomic E-state index is 13.6. The Morgan fingerprint density at radius 2 is 0.722 bits per heavy atom. The minimum atomic E-state index is -0.829. The van der Waals surface area contributed by atoms with Gasteiger partial charge in [0.05, 0.1) is 18.1 Å². The molecule has 33 heteroatoms. The van der Waals surface area contributed by atoms with Crippen molar-refractivity contribution in [2.24, 2.45) is 0 Å². The van der Waals surface area contributed by atoms with Gasteiger partial charge in [-0.2, -0.15) is 0 Å². The van der Waals surface area contributed by atoms with E-state index >= 15 is 0 Å². The van der Waals surface area contributed by atoms with Crippen LogP contribution in [0.4, 0.5) is 30.6 Å². The zero-order chi connectivity index (χ0) is 50.5. The van der Waals surface area contributed by atoms with E-state index in [4.69, 9.17) is 0 Å². The van der Waals surface area contributed by atoms with Crippen LogP contribution in [0.1, 0.15) is 70.8 Å². The predicted octanol–water partition coefficient (Wildman–Crippen LogP) is 4.41. The Bertz CT molecular complexity index is 3400. The van der Waals surface area contributed by atoms with E-state index in [1.54, 1.807) is 18.2 Å². The average Bonchev–Trinajstić information content (AvgIpc) is 4.20. The van der Waals surface area contributed by atoms with E-state index in [1.807, 2.05) is 0 Å². The van der Waals surface area contributed by atoms with Crippen LogP contribution in [0.3, 0.4) is 0 Å². The van der Waals surface area contributed by atoms with Crippen molar-refractivity contribution in [3.05, 3.63) is 167 Å². The van der Waals surface area contributed by atoms with Gasteiger partial charge in [0.1, 0.15) is 17.5 Å². The molecule has 3 atom stereocenters. The van der Waals surface area contributed by atoms with Gasteiger partial charge in [-0.25, -0.2) is 41.3 Å². The number of nitrogens with zero attached hydrogens (tertiary/aromatic N) is 15. The molecule has 9 aromatic rings. The highest BCUT2D eigenvalue weighted by molar-refractivity contribution is 5.61. The number of hydrogen-bond donors (Lipinski definition) is 0. The van der Waals surface area contributed by atoms with Crippen LogP contribution in [-0.4, -0.2) is 74.9 Å². The lowest BCUT2D eigenvalue weighted by Crippen LogP contribution is -2.21. The second kappa shape index (κ2) is 18.1. The highest BCUT2D eigenvalue weighted by Crippen LogP contribution is 2.40. The number of fused-ring (bicyclic) bond motifs is 3. The summed E-state index contributed by atoms with van der Waals surface area (Å²) in [4.78, 5) is 66.8. The Morgan fingerprint density at radius 1 is 0.444 bits per heavy atom. The number of benzene rings is 3. The molecule has 366 valence electrons. The molecule has 0 amide bonds. The second-order valence-electron chi connectivity index (χ2n) is 15.7. The zero-order valence-corrected chi connectivity index (χ0v) is 35.6. The lowest BCUT2D eigenvalue weighted by atomic mass is 10.1. The van der Waals surface area contributed by atoms with E-state index in [9.17, 15) is 57.9 Å². The molecule has 6 aromatic heterocycles. The molecule has 3 aliphatic rings. The maximum Gasteiger partial charge on any atom is 0.446 e. The van der Waals surface area contributed by atoms with Gasteiger partial charge in [-0.15, -0.1) is 13.9 Å². The van der Waals surface area contributed by atoms with Crippen molar-refractivity contribution in [1.82, 2.24) is 60.1 Å². The Kier molecular flexibility index (Phi) is 11.5. The standard InChI is InChI=1S/3C13H8FN5O5/c3*14-7-3-1-6-2-4-9(8(6)5-7)18-11(16-23-13(18)20)10-12(19(21)22)17-24-15-10/h3*1,3,5,9H,2,4H2/t2*9-;/m10./s1. The van der Waals surface area contributed by atoms with E-state index in [2.05, 4.69) is 73.9 Å². The maximum absolute atomic E-state index is 13.6. The van der Waals surface area contributed by atoms with Crippen LogP contribution in [0.15, 0.2) is 96.4 Å². The smallest absolute Gasteiger partial charge is 0.358 e. The topological polar surface area (TPSA) is 390 Å². The van der Waals surface area contributed by atoms with Crippen LogP contribution >= 0.6 is 0 Å². The quantitative estimate of drug-likeness (QED) is 0.143. The largest absolute Gasteiger partial charge is 0.446 e. The number of rotatable bonds is 9. The first kappa shape index (κ1) is 45.7. The molecule has 30 nitrogen and oxygen atoms in total. The summed E-state index contributed by atoms with van der Waals surface area (Å²) in [5.41, 5.74) is 3.47. The Balaban J connectivity index is 0.000000124. The van der Waals surface area contributed by atoms with Gasteiger partial charge in [-0.05, 0) is 139 Å². The van der Waals surface area contributed by atoms with Crippen molar-refractivity contribution < 1.29 is 55.4 Å². The first-order valence-corrected chi connectivity index (χ1v) is 20.7. The fourth-order valence-corrected chi connectivity index (χ4v) is 8.86. The lowest BCUT2D eigenvalue weighted by Gasteiger charge is -2.12. The molecule has 12 rings (SSSR count).